The molecule has 1 unspecified atom stereocenters. The van der Waals surface area contributed by atoms with E-state index in [2.05, 4.69) is 15.9 Å². The van der Waals surface area contributed by atoms with E-state index in [0.717, 1.165) is 5.56 Å². The molecule has 1 saturated heterocycles. The van der Waals surface area contributed by atoms with E-state index in [9.17, 15) is 14.3 Å². The average Bonchev–Trinajstić information content (AvgIpc) is 2.72. The van der Waals surface area contributed by atoms with Gasteiger partial charge in [0.05, 0.1) is 12.0 Å². The number of rotatable bonds is 3. The molecule has 0 aliphatic carbocycles. The molecule has 1 aromatic rings. The Morgan fingerprint density at radius 3 is 2.88 bits per heavy atom. The van der Waals surface area contributed by atoms with Gasteiger partial charge in [-0.2, -0.15) is 0 Å². The van der Waals surface area contributed by atoms with E-state index in [4.69, 9.17) is 4.74 Å². The Kier molecular flexibility index (Phi) is 3.49. The second-order valence-corrected chi connectivity index (χ2v) is 5.15. The van der Waals surface area contributed by atoms with Crippen LogP contribution in [0.1, 0.15) is 12.0 Å². The van der Waals surface area contributed by atoms with Crippen LogP contribution in [-0.2, 0) is 16.0 Å². The molecule has 0 saturated carbocycles. The number of benzene rings is 1. The maximum absolute atomic E-state index is 12.9. The standard InChI is InChI=1S/C12H12BrFO3/c13-10-5-9(14)2-1-8(10)6-12(11(15)16)3-4-17-7-12/h1-2,5H,3-4,6-7H2,(H,15,16). The summed E-state index contributed by atoms with van der Waals surface area (Å²) in [4.78, 5) is 11.3. The van der Waals surface area contributed by atoms with Gasteiger partial charge in [0.1, 0.15) is 5.82 Å². The Hall–Kier alpha value is -0.940. The first-order chi connectivity index (χ1) is 8.03. The summed E-state index contributed by atoms with van der Waals surface area (Å²) in [6.45, 7) is 0.678. The van der Waals surface area contributed by atoms with Gasteiger partial charge in [0, 0.05) is 11.1 Å². The van der Waals surface area contributed by atoms with E-state index < -0.39 is 11.4 Å². The minimum atomic E-state index is -0.875. The van der Waals surface area contributed by atoms with Crippen molar-refractivity contribution in [3.63, 3.8) is 0 Å². The summed E-state index contributed by atoms with van der Waals surface area (Å²) in [7, 11) is 0. The van der Waals surface area contributed by atoms with Crippen LogP contribution < -0.4 is 0 Å². The van der Waals surface area contributed by atoms with Crippen molar-refractivity contribution in [3.05, 3.63) is 34.1 Å². The summed E-state index contributed by atoms with van der Waals surface area (Å²) in [6, 6.07) is 4.30. The third-order valence-electron chi connectivity index (χ3n) is 3.10. The molecule has 0 spiro atoms. The summed E-state index contributed by atoms with van der Waals surface area (Å²) >= 11 is 3.25. The maximum atomic E-state index is 12.9. The fraction of sp³-hybridized carbons (Fsp3) is 0.417. The highest BCUT2D eigenvalue weighted by atomic mass is 79.9. The summed E-state index contributed by atoms with van der Waals surface area (Å²) < 4.78 is 18.7. The average molecular weight is 303 g/mol. The molecule has 1 fully saturated rings. The highest BCUT2D eigenvalue weighted by Gasteiger charge is 2.42. The van der Waals surface area contributed by atoms with Crippen molar-refractivity contribution in [1.82, 2.24) is 0 Å². The predicted octanol–water partition coefficient (Wildman–Crippen LogP) is 2.62. The Balaban J connectivity index is 2.26. The minimum Gasteiger partial charge on any atom is -0.481 e. The van der Waals surface area contributed by atoms with Gasteiger partial charge in [0.25, 0.3) is 0 Å². The summed E-state index contributed by atoms with van der Waals surface area (Å²) in [5.74, 6) is -1.20. The Bertz CT molecular complexity index is 441. The lowest BCUT2D eigenvalue weighted by Crippen LogP contribution is -2.33. The number of ether oxygens (including phenoxy) is 1. The molecule has 1 aliphatic heterocycles. The van der Waals surface area contributed by atoms with Gasteiger partial charge in [-0.3, -0.25) is 4.79 Å². The van der Waals surface area contributed by atoms with Gasteiger partial charge in [-0.05, 0) is 30.5 Å². The number of carboxylic acids is 1. The van der Waals surface area contributed by atoms with Crippen LogP contribution in [0.5, 0.6) is 0 Å². The number of halogens is 2. The van der Waals surface area contributed by atoms with E-state index in [-0.39, 0.29) is 12.4 Å². The topological polar surface area (TPSA) is 46.5 Å². The highest BCUT2D eigenvalue weighted by molar-refractivity contribution is 9.10. The fourth-order valence-electron chi connectivity index (χ4n) is 2.02. The maximum Gasteiger partial charge on any atom is 0.312 e. The molecule has 0 aromatic heterocycles. The Labute approximate surface area is 107 Å². The van der Waals surface area contributed by atoms with Gasteiger partial charge in [-0.25, -0.2) is 4.39 Å². The highest BCUT2D eigenvalue weighted by Crippen LogP contribution is 2.35. The van der Waals surface area contributed by atoms with Crippen LogP contribution in [0.4, 0.5) is 4.39 Å². The minimum absolute atomic E-state index is 0.214. The molecule has 3 nitrogen and oxygen atoms in total. The zero-order valence-electron chi connectivity index (χ0n) is 9.08. The number of carbonyl (C=O) groups is 1. The molecule has 0 amide bonds. The normalized spacial score (nSPS) is 23.9. The number of aliphatic carboxylic acids is 1. The largest absolute Gasteiger partial charge is 0.481 e. The van der Waals surface area contributed by atoms with E-state index in [1.165, 1.54) is 12.1 Å². The van der Waals surface area contributed by atoms with Gasteiger partial charge < -0.3 is 9.84 Å². The van der Waals surface area contributed by atoms with Crippen molar-refractivity contribution in [2.75, 3.05) is 13.2 Å². The van der Waals surface area contributed by atoms with E-state index in [1.54, 1.807) is 6.07 Å². The van der Waals surface area contributed by atoms with Gasteiger partial charge in [-0.1, -0.05) is 22.0 Å². The van der Waals surface area contributed by atoms with Crippen molar-refractivity contribution < 1.29 is 19.0 Å². The van der Waals surface area contributed by atoms with Crippen LogP contribution in [0.3, 0.4) is 0 Å². The molecule has 1 aliphatic rings. The van der Waals surface area contributed by atoms with Gasteiger partial charge in [0.15, 0.2) is 0 Å². The summed E-state index contributed by atoms with van der Waals surface area (Å²) in [6.07, 6.45) is 0.843. The molecule has 1 N–H and O–H groups in total. The van der Waals surface area contributed by atoms with Gasteiger partial charge >= 0.3 is 5.97 Å². The molecule has 92 valence electrons. The first-order valence-corrected chi connectivity index (χ1v) is 6.08. The summed E-state index contributed by atoms with van der Waals surface area (Å²) in [5, 5.41) is 9.30. The SMILES string of the molecule is O=C(O)C1(Cc2ccc(F)cc2Br)CCOC1. The molecule has 1 aromatic carbocycles. The van der Waals surface area contributed by atoms with Crippen molar-refractivity contribution in [3.8, 4) is 0 Å². The molecule has 0 bridgehead atoms. The zero-order chi connectivity index (χ0) is 12.5. The van der Waals surface area contributed by atoms with Crippen LogP contribution >= 0.6 is 15.9 Å². The molecule has 1 heterocycles. The Morgan fingerprint density at radius 2 is 2.35 bits per heavy atom. The lowest BCUT2D eigenvalue weighted by molar-refractivity contribution is -0.148. The second kappa shape index (κ2) is 4.74. The zero-order valence-corrected chi connectivity index (χ0v) is 10.7. The molecular formula is C12H12BrFO3. The second-order valence-electron chi connectivity index (χ2n) is 4.30. The van der Waals surface area contributed by atoms with Crippen molar-refractivity contribution in [1.29, 1.82) is 0 Å². The predicted molar refractivity (Wildman–Crippen MR) is 63.3 cm³/mol. The third kappa shape index (κ3) is 2.50. The van der Waals surface area contributed by atoms with E-state index >= 15 is 0 Å². The molecule has 5 heteroatoms. The molecule has 2 rings (SSSR count). The van der Waals surface area contributed by atoms with E-state index in [0.29, 0.717) is 23.9 Å². The van der Waals surface area contributed by atoms with Gasteiger partial charge in [-0.15, -0.1) is 0 Å². The Morgan fingerprint density at radius 1 is 1.59 bits per heavy atom. The first-order valence-electron chi connectivity index (χ1n) is 5.29. The molecular weight excluding hydrogens is 291 g/mol. The number of hydrogen-bond donors (Lipinski definition) is 1. The van der Waals surface area contributed by atoms with E-state index in [1.807, 2.05) is 0 Å². The van der Waals surface area contributed by atoms with Crippen LogP contribution in [0.25, 0.3) is 0 Å². The van der Waals surface area contributed by atoms with Crippen LogP contribution in [0.15, 0.2) is 22.7 Å². The van der Waals surface area contributed by atoms with Gasteiger partial charge in [0.2, 0.25) is 0 Å². The fourth-order valence-corrected chi connectivity index (χ4v) is 2.51. The van der Waals surface area contributed by atoms with Crippen LogP contribution in [0, 0.1) is 11.2 Å². The lowest BCUT2D eigenvalue weighted by atomic mass is 9.81. The van der Waals surface area contributed by atoms with Crippen molar-refractivity contribution in [2.24, 2.45) is 5.41 Å². The summed E-state index contributed by atoms with van der Waals surface area (Å²) in [5.41, 5.74) is -0.0836. The number of carboxylic acid groups (broad SMARTS) is 1. The van der Waals surface area contributed by atoms with Crippen molar-refractivity contribution >= 4 is 21.9 Å². The smallest absolute Gasteiger partial charge is 0.312 e. The number of hydrogen-bond acceptors (Lipinski definition) is 2. The monoisotopic (exact) mass is 302 g/mol. The first kappa shape index (κ1) is 12.5. The quantitative estimate of drug-likeness (QED) is 0.933. The van der Waals surface area contributed by atoms with Crippen LogP contribution in [0.2, 0.25) is 0 Å². The third-order valence-corrected chi connectivity index (χ3v) is 3.84. The lowest BCUT2D eigenvalue weighted by Gasteiger charge is -2.22. The molecule has 0 radical (unpaired) electrons. The molecule has 1 atom stereocenters. The molecule has 17 heavy (non-hydrogen) atoms. The van der Waals surface area contributed by atoms with Crippen LogP contribution in [-0.4, -0.2) is 24.3 Å². The van der Waals surface area contributed by atoms with Crippen molar-refractivity contribution in [2.45, 2.75) is 12.8 Å².